The topological polar surface area (TPSA) is 89.6 Å². The Kier molecular flexibility index (Phi) is 5.55. The summed E-state index contributed by atoms with van der Waals surface area (Å²) in [6.45, 7) is 3.65. The number of rotatable bonds is 5. The lowest BCUT2D eigenvalue weighted by molar-refractivity contribution is -0.919. The van der Waals surface area contributed by atoms with E-state index in [1.54, 1.807) is 29.5 Å². The number of thiazole rings is 1. The SMILES string of the molecule is C[C@@H](C(=O)Nc1ccccc1[N+](=O)[O-])[NH+]1CCC(c2nc3ccccc3s2)CC1. The fourth-order valence-electron chi connectivity index (χ4n) is 3.90. The zero-order valence-corrected chi connectivity index (χ0v) is 16.9. The summed E-state index contributed by atoms with van der Waals surface area (Å²) in [5, 5.41) is 15.1. The van der Waals surface area contributed by atoms with Crippen LogP contribution in [0.4, 0.5) is 11.4 Å². The number of hydrogen-bond acceptors (Lipinski definition) is 5. The Morgan fingerprint density at radius 2 is 1.90 bits per heavy atom. The monoisotopic (exact) mass is 411 g/mol. The van der Waals surface area contributed by atoms with Crippen LogP contribution in [0.2, 0.25) is 0 Å². The van der Waals surface area contributed by atoms with Crippen molar-refractivity contribution in [3.05, 3.63) is 63.7 Å². The number of fused-ring (bicyclic) bond motifs is 1. The highest BCUT2D eigenvalue weighted by atomic mass is 32.1. The summed E-state index contributed by atoms with van der Waals surface area (Å²) in [4.78, 5) is 29.4. The zero-order valence-electron chi connectivity index (χ0n) is 16.1. The third-order valence-corrected chi connectivity index (χ3v) is 6.85. The Bertz CT molecular complexity index is 1010. The van der Waals surface area contributed by atoms with Crippen LogP contribution in [0.25, 0.3) is 10.2 Å². The Morgan fingerprint density at radius 3 is 2.62 bits per heavy atom. The van der Waals surface area contributed by atoms with E-state index in [4.69, 9.17) is 4.98 Å². The van der Waals surface area contributed by atoms with E-state index in [1.165, 1.54) is 20.7 Å². The molecule has 150 valence electrons. The van der Waals surface area contributed by atoms with Crippen molar-refractivity contribution >= 4 is 38.8 Å². The molecule has 2 heterocycles. The maximum atomic E-state index is 12.7. The molecule has 1 saturated heterocycles. The maximum Gasteiger partial charge on any atom is 0.292 e. The number of benzene rings is 2. The van der Waals surface area contributed by atoms with E-state index >= 15 is 0 Å². The summed E-state index contributed by atoms with van der Waals surface area (Å²) in [6.07, 6.45) is 1.97. The second kappa shape index (κ2) is 8.26. The highest BCUT2D eigenvalue weighted by Crippen LogP contribution is 2.31. The molecule has 8 heteroatoms. The Balaban J connectivity index is 1.38. The average molecular weight is 412 g/mol. The lowest BCUT2D eigenvalue weighted by Gasteiger charge is -2.31. The van der Waals surface area contributed by atoms with Gasteiger partial charge in [-0.1, -0.05) is 24.3 Å². The van der Waals surface area contributed by atoms with Gasteiger partial charge in [-0.15, -0.1) is 11.3 Å². The van der Waals surface area contributed by atoms with Gasteiger partial charge in [0, 0.05) is 24.8 Å². The number of anilines is 1. The lowest BCUT2D eigenvalue weighted by Crippen LogP contribution is -3.17. The number of nitro groups is 1. The van der Waals surface area contributed by atoms with Crippen molar-refractivity contribution in [2.45, 2.75) is 31.7 Å². The van der Waals surface area contributed by atoms with Gasteiger partial charge in [-0.05, 0) is 25.1 Å². The van der Waals surface area contributed by atoms with Gasteiger partial charge >= 0.3 is 0 Å². The summed E-state index contributed by atoms with van der Waals surface area (Å²) >= 11 is 1.76. The Hall–Kier alpha value is -2.84. The fraction of sp³-hybridized carbons (Fsp3) is 0.333. The van der Waals surface area contributed by atoms with E-state index in [1.807, 2.05) is 25.1 Å². The summed E-state index contributed by atoms with van der Waals surface area (Å²) in [5.41, 5.74) is 1.22. The zero-order chi connectivity index (χ0) is 20.4. The third-order valence-electron chi connectivity index (χ3n) is 5.65. The first kappa shape index (κ1) is 19.5. The molecule has 4 rings (SSSR count). The number of piperidine rings is 1. The van der Waals surface area contributed by atoms with E-state index in [9.17, 15) is 14.9 Å². The van der Waals surface area contributed by atoms with Crippen LogP contribution in [0.15, 0.2) is 48.5 Å². The molecule has 0 aliphatic carbocycles. The van der Waals surface area contributed by atoms with Gasteiger partial charge in [-0.2, -0.15) is 0 Å². The number of carbonyl (C=O) groups excluding carboxylic acids is 1. The van der Waals surface area contributed by atoms with Crippen molar-refractivity contribution in [3.8, 4) is 0 Å². The fourth-order valence-corrected chi connectivity index (χ4v) is 5.03. The van der Waals surface area contributed by atoms with Crippen molar-refractivity contribution in [3.63, 3.8) is 0 Å². The van der Waals surface area contributed by atoms with Gasteiger partial charge in [-0.3, -0.25) is 14.9 Å². The molecule has 0 unspecified atom stereocenters. The van der Waals surface area contributed by atoms with Crippen LogP contribution >= 0.6 is 11.3 Å². The first-order valence-electron chi connectivity index (χ1n) is 9.77. The second-order valence-electron chi connectivity index (χ2n) is 7.44. The summed E-state index contributed by atoms with van der Waals surface area (Å²) in [7, 11) is 0. The van der Waals surface area contributed by atoms with Crippen molar-refractivity contribution < 1.29 is 14.6 Å². The molecule has 0 saturated carbocycles. The number of aromatic nitrogens is 1. The van der Waals surface area contributed by atoms with Crippen LogP contribution in [0.3, 0.4) is 0 Å². The van der Waals surface area contributed by atoms with Gasteiger partial charge in [-0.25, -0.2) is 4.98 Å². The van der Waals surface area contributed by atoms with Gasteiger partial charge in [0.05, 0.1) is 33.2 Å². The number of nitrogens with one attached hydrogen (secondary N) is 2. The summed E-state index contributed by atoms with van der Waals surface area (Å²) in [5.74, 6) is 0.245. The minimum Gasteiger partial charge on any atom is -0.325 e. The van der Waals surface area contributed by atoms with Gasteiger partial charge in [0.25, 0.3) is 11.6 Å². The molecule has 1 aromatic heterocycles. The molecule has 1 amide bonds. The molecule has 0 spiro atoms. The number of nitro benzene ring substituents is 1. The van der Waals surface area contributed by atoms with Crippen LogP contribution in [0.1, 0.15) is 30.7 Å². The molecule has 0 bridgehead atoms. The highest BCUT2D eigenvalue weighted by Gasteiger charge is 2.32. The second-order valence-corrected chi connectivity index (χ2v) is 8.50. The molecule has 2 N–H and O–H groups in total. The van der Waals surface area contributed by atoms with Crippen LogP contribution in [-0.2, 0) is 4.79 Å². The molecule has 1 aliphatic rings. The summed E-state index contributed by atoms with van der Waals surface area (Å²) in [6, 6.07) is 14.2. The number of quaternary nitrogens is 1. The van der Waals surface area contributed by atoms with Crippen molar-refractivity contribution in [2.24, 2.45) is 0 Å². The molecule has 1 atom stereocenters. The van der Waals surface area contributed by atoms with E-state index < -0.39 is 4.92 Å². The number of carbonyl (C=O) groups is 1. The quantitative estimate of drug-likeness (QED) is 0.499. The standard InChI is InChI=1S/C21H22N4O3S/c1-14(20(26)22-16-6-2-4-8-18(16)25(27)28)24-12-10-15(11-13-24)21-23-17-7-3-5-9-19(17)29-21/h2-9,14-15H,10-13H2,1H3,(H,22,26)/p+1/t14-/m0/s1. The molecule has 0 radical (unpaired) electrons. The average Bonchev–Trinajstić information content (AvgIpc) is 3.18. The Morgan fingerprint density at radius 1 is 1.21 bits per heavy atom. The van der Waals surface area contributed by atoms with Crippen LogP contribution in [0.5, 0.6) is 0 Å². The van der Waals surface area contributed by atoms with Crippen LogP contribution in [-0.4, -0.2) is 34.9 Å². The van der Waals surface area contributed by atoms with Gasteiger partial charge in [0.2, 0.25) is 0 Å². The molecular formula is C21H23N4O3S+. The van der Waals surface area contributed by atoms with Gasteiger partial charge in [0.15, 0.2) is 6.04 Å². The van der Waals surface area contributed by atoms with Crippen molar-refractivity contribution in [2.75, 3.05) is 18.4 Å². The predicted octanol–water partition coefficient (Wildman–Crippen LogP) is 2.99. The Labute approximate surface area is 172 Å². The van der Waals surface area contributed by atoms with Crippen molar-refractivity contribution in [1.29, 1.82) is 0 Å². The number of hydrogen-bond donors (Lipinski definition) is 2. The van der Waals surface area contributed by atoms with Crippen LogP contribution in [0, 0.1) is 10.1 Å². The van der Waals surface area contributed by atoms with Crippen molar-refractivity contribution in [1.82, 2.24) is 4.98 Å². The molecular weight excluding hydrogens is 388 g/mol. The predicted molar refractivity (Wildman–Crippen MR) is 113 cm³/mol. The van der Waals surface area contributed by atoms with Gasteiger partial charge < -0.3 is 10.2 Å². The van der Waals surface area contributed by atoms with Crippen LogP contribution < -0.4 is 10.2 Å². The van der Waals surface area contributed by atoms with Gasteiger partial charge in [0.1, 0.15) is 5.69 Å². The molecule has 2 aromatic carbocycles. The molecule has 1 fully saturated rings. The van der Waals surface area contributed by atoms with E-state index in [0.717, 1.165) is 31.4 Å². The van der Waals surface area contributed by atoms with E-state index in [0.29, 0.717) is 5.92 Å². The lowest BCUT2D eigenvalue weighted by atomic mass is 9.96. The number of nitrogens with zero attached hydrogens (tertiary/aromatic N) is 2. The minimum absolute atomic E-state index is 0.0856. The maximum absolute atomic E-state index is 12.7. The number of likely N-dealkylation sites (tertiary alicyclic amines) is 1. The molecule has 7 nitrogen and oxygen atoms in total. The first-order chi connectivity index (χ1) is 14.0. The molecule has 3 aromatic rings. The molecule has 1 aliphatic heterocycles. The minimum atomic E-state index is -0.476. The summed E-state index contributed by atoms with van der Waals surface area (Å²) < 4.78 is 1.22. The smallest absolute Gasteiger partial charge is 0.292 e. The number of para-hydroxylation sites is 3. The molecule has 29 heavy (non-hydrogen) atoms. The normalized spacial score (nSPS) is 20.3. The van der Waals surface area contributed by atoms with E-state index in [-0.39, 0.29) is 23.3 Å². The largest absolute Gasteiger partial charge is 0.325 e. The third kappa shape index (κ3) is 4.13. The van der Waals surface area contributed by atoms with E-state index in [2.05, 4.69) is 11.4 Å². The highest BCUT2D eigenvalue weighted by molar-refractivity contribution is 7.18. The number of amides is 1. The first-order valence-corrected chi connectivity index (χ1v) is 10.6.